The Kier molecular flexibility index (Phi) is 6.47. The Hall–Kier alpha value is -2.93. The minimum atomic E-state index is -0.569. The maximum atomic E-state index is 13.5. The molecule has 0 aliphatic carbocycles. The maximum Gasteiger partial charge on any atom is 0.259 e. The van der Waals surface area contributed by atoms with Crippen LogP contribution in [0.25, 0.3) is 0 Å². The van der Waals surface area contributed by atoms with Gasteiger partial charge in [0.25, 0.3) is 11.8 Å². The molecule has 2 aromatic rings. The Morgan fingerprint density at radius 2 is 2.04 bits per heavy atom. The molecule has 8 heteroatoms. The number of carbonyl (C=O) groups is 2. The third-order valence-corrected chi connectivity index (χ3v) is 3.45. The number of rotatable bonds is 6. The van der Waals surface area contributed by atoms with Crippen LogP contribution < -0.4 is 15.5 Å². The van der Waals surface area contributed by atoms with E-state index in [1.807, 2.05) is 0 Å². The maximum absolute atomic E-state index is 13.5. The van der Waals surface area contributed by atoms with Crippen molar-refractivity contribution in [3.05, 3.63) is 64.4 Å². The number of halogens is 2. The number of benzene rings is 2. The Bertz CT molecular complexity index is 791. The van der Waals surface area contributed by atoms with E-state index in [-0.39, 0.29) is 17.1 Å². The molecule has 0 aromatic heterocycles. The molecule has 0 fully saturated rings. The summed E-state index contributed by atoms with van der Waals surface area (Å²) < 4.78 is 18.5. The Morgan fingerprint density at radius 3 is 2.76 bits per heavy atom. The summed E-state index contributed by atoms with van der Waals surface area (Å²) in [6.45, 7) is -0.293. The average molecular weight is 364 g/mol. The van der Waals surface area contributed by atoms with Gasteiger partial charge in [-0.2, -0.15) is 5.10 Å². The fraction of sp³-hybridized carbons (Fsp3) is 0.118. The zero-order chi connectivity index (χ0) is 18.2. The van der Waals surface area contributed by atoms with Crippen molar-refractivity contribution in [1.82, 2.24) is 10.7 Å². The highest BCUT2D eigenvalue weighted by Crippen LogP contribution is 2.16. The molecule has 2 amide bonds. The summed E-state index contributed by atoms with van der Waals surface area (Å²) in [5.41, 5.74) is 2.60. The van der Waals surface area contributed by atoms with E-state index in [9.17, 15) is 14.0 Å². The van der Waals surface area contributed by atoms with Crippen molar-refractivity contribution >= 4 is 29.6 Å². The summed E-state index contributed by atoms with van der Waals surface area (Å²) in [7, 11) is 1.49. The molecule has 6 nitrogen and oxygen atoms in total. The van der Waals surface area contributed by atoms with E-state index in [1.54, 1.807) is 24.3 Å². The molecule has 0 radical (unpaired) electrons. The smallest absolute Gasteiger partial charge is 0.259 e. The lowest BCUT2D eigenvalue weighted by Crippen LogP contribution is -2.34. The second-order valence-electron chi connectivity index (χ2n) is 4.84. The largest absolute Gasteiger partial charge is 0.497 e. The van der Waals surface area contributed by atoms with Gasteiger partial charge in [0.15, 0.2) is 0 Å². The molecule has 25 heavy (non-hydrogen) atoms. The summed E-state index contributed by atoms with van der Waals surface area (Å²) in [4.78, 5) is 23.6. The second-order valence-corrected chi connectivity index (χ2v) is 5.25. The lowest BCUT2D eigenvalue weighted by molar-refractivity contribution is -0.120. The lowest BCUT2D eigenvalue weighted by Gasteiger charge is -2.06. The van der Waals surface area contributed by atoms with E-state index in [0.717, 1.165) is 6.21 Å². The minimum absolute atomic E-state index is 0.0601. The molecule has 0 spiro atoms. The summed E-state index contributed by atoms with van der Waals surface area (Å²) in [6, 6.07) is 10.7. The van der Waals surface area contributed by atoms with Gasteiger partial charge < -0.3 is 10.1 Å². The number of hydrogen-bond acceptors (Lipinski definition) is 4. The van der Waals surface area contributed by atoms with E-state index in [2.05, 4.69) is 15.8 Å². The zero-order valence-electron chi connectivity index (χ0n) is 13.3. The summed E-state index contributed by atoms with van der Waals surface area (Å²) >= 11 is 5.83. The average Bonchev–Trinajstić information content (AvgIpc) is 2.62. The monoisotopic (exact) mass is 363 g/mol. The molecule has 2 rings (SSSR count). The summed E-state index contributed by atoms with van der Waals surface area (Å²) in [5.74, 6) is -1.03. The highest BCUT2D eigenvalue weighted by atomic mass is 35.5. The first-order chi connectivity index (χ1) is 12.0. The topological polar surface area (TPSA) is 79.8 Å². The summed E-state index contributed by atoms with van der Waals surface area (Å²) in [5, 5.41) is 6.23. The standard InChI is InChI=1S/C17H15ClFN3O3/c1-25-12-5-2-4-11(8-12)17(24)20-10-16(23)22-21-9-13-14(18)6-3-7-15(13)19/h2-9H,10H2,1H3,(H,20,24)(H,22,23)/b21-9-. The second kappa shape index (κ2) is 8.79. The van der Waals surface area contributed by atoms with Crippen LogP contribution >= 0.6 is 11.6 Å². The van der Waals surface area contributed by atoms with Crippen LogP contribution in [0.1, 0.15) is 15.9 Å². The molecule has 2 N–H and O–H groups in total. The van der Waals surface area contributed by atoms with Crippen LogP contribution in [0.2, 0.25) is 5.02 Å². The fourth-order valence-electron chi connectivity index (χ4n) is 1.87. The number of methoxy groups -OCH3 is 1. The van der Waals surface area contributed by atoms with Gasteiger partial charge in [-0.1, -0.05) is 23.7 Å². The first-order valence-corrected chi connectivity index (χ1v) is 7.57. The van der Waals surface area contributed by atoms with Crippen LogP contribution in [-0.4, -0.2) is 31.7 Å². The Labute approximate surface area is 148 Å². The molecule has 0 atom stereocenters. The van der Waals surface area contributed by atoms with Crippen molar-refractivity contribution in [2.75, 3.05) is 13.7 Å². The molecule has 0 unspecified atom stereocenters. The van der Waals surface area contributed by atoms with Crippen molar-refractivity contribution in [2.45, 2.75) is 0 Å². The van der Waals surface area contributed by atoms with E-state index in [4.69, 9.17) is 16.3 Å². The number of ether oxygens (including phenoxy) is 1. The van der Waals surface area contributed by atoms with Crippen LogP contribution in [0.4, 0.5) is 4.39 Å². The van der Waals surface area contributed by atoms with Crippen LogP contribution in [0.5, 0.6) is 5.75 Å². The molecule has 0 heterocycles. The van der Waals surface area contributed by atoms with Gasteiger partial charge in [0.2, 0.25) is 0 Å². The molecular weight excluding hydrogens is 349 g/mol. The normalized spacial score (nSPS) is 10.5. The number of amides is 2. The Morgan fingerprint density at radius 1 is 1.28 bits per heavy atom. The van der Waals surface area contributed by atoms with Crippen LogP contribution in [0.15, 0.2) is 47.6 Å². The van der Waals surface area contributed by atoms with Gasteiger partial charge >= 0.3 is 0 Å². The molecule has 0 saturated carbocycles. The predicted octanol–water partition coefficient (Wildman–Crippen LogP) is 2.37. The number of nitrogens with zero attached hydrogens (tertiary/aromatic N) is 1. The van der Waals surface area contributed by atoms with Gasteiger partial charge in [0.1, 0.15) is 11.6 Å². The Balaban J connectivity index is 1.86. The summed E-state index contributed by atoms with van der Waals surface area (Å²) in [6.07, 6.45) is 1.10. The quantitative estimate of drug-likeness (QED) is 0.611. The van der Waals surface area contributed by atoms with E-state index in [1.165, 1.54) is 25.3 Å². The van der Waals surface area contributed by atoms with Crippen molar-refractivity contribution in [3.63, 3.8) is 0 Å². The molecule has 130 valence electrons. The number of hydrazone groups is 1. The predicted molar refractivity (Wildman–Crippen MR) is 92.5 cm³/mol. The molecule has 0 saturated heterocycles. The number of nitrogens with one attached hydrogen (secondary N) is 2. The fourth-order valence-corrected chi connectivity index (χ4v) is 2.08. The van der Waals surface area contributed by atoms with E-state index in [0.29, 0.717) is 11.3 Å². The van der Waals surface area contributed by atoms with Gasteiger partial charge in [-0.3, -0.25) is 9.59 Å². The van der Waals surface area contributed by atoms with Crippen LogP contribution in [-0.2, 0) is 4.79 Å². The first kappa shape index (κ1) is 18.4. The molecule has 2 aromatic carbocycles. The van der Waals surface area contributed by atoms with Crippen LogP contribution in [0.3, 0.4) is 0 Å². The molecular formula is C17H15ClFN3O3. The number of carbonyl (C=O) groups excluding carboxylic acids is 2. The van der Waals surface area contributed by atoms with Gasteiger partial charge in [-0.15, -0.1) is 0 Å². The molecule has 0 aliphatic rings. The highest BCUT2D eigenvalue weighted by Gasteiger charge is 2.09. The van der Waals surface area contributed by atoms with Crippen molar-refractivity contribution in [3.8, 4) is 5.75 Å². The van der Waals surface area contributed by atoms with Gasteiger partial charge in [-0.05, 0) is 30.3 Å². The minimum Gasteiger partial charge on any atom is -0.497 e. The van der Waals surface area contributed by atoms with Gasteiger partial charge in [0, 0.05) is 11.1 Å². The third-order valence-electron chi connectivity index (χ3n) is 3.12. The third kappa shape index (κ3) is 5.29. The number of hydrogen-bond donors (Lipinski definition) is 2. The van der Waals surface area contributed by atoms with E-state index >= 15 is 0 Å². The van der Waals surface area contributed by atoms with Crippen molar-refractivity contribution < 1.29 is 18.7 Å². The van der Waals surface area contributed by atoms with Crippen molar-refractivity contribution in [1.29, 1.82) is 0 Å². The van der Waals surface area contributed by atoms with Crippen LogP contribution in [0, 0.1) is 5.82 Å². The first-order valence-electron chi connectivity index (χ1n) is 7.19. The van der Waals surface area contributed by atoms with Gasteiger partial charge in [-0.25, -0.2) is 9.82 Å². The lowest BCUT2D eigenvalue weighted by atomic mass is 10.2. The van der Waals surface area contributed by atoms with E-state index < -0.39 is 17.6 Å². The highest BCUT2D eigenvalue weighted by molar-refractivity contribution is 6.33. The molecule has 0 aliphatic heterocycles. The van der Waals surface area contributed by atoms with Gasteiger partial charge in [0.05, 0.1) is 24.9 Å². The molecule has 0 bridgehead atoms. The SMILES string of the molecule is COc1cccc(C(=O)NCC(=O)N/N=C\c2c(F)cccc2Cl)c1. The van der Waals surface area contributed by atoms with Crippen molar-refractivity contribution in [2.24, 2.45) is 5.10 Å². The zero-order valence-corrected chi connectivity index (χ0v) is 14.0.